The van der Waals surface area contributed by atoms with Crippen LogP contribution in [-0.4, -0.2) is 20.0 Å². The summed E-state index contributed by atoms with van der Waals surface area (Å²) in [5, 5.41) is 9.01. The maximum atomic E-state index is 13.0. The third-order valence-corrected chi connectivity index (χ3v) is 6.08. The van der Waals surface area contributed by atoms with Gasteiger partial charge in [0, 0.05) is 18.2 Å². The average Bonchev–Trinajstić information content (AvgIpc) is 3.21. The summed E-state index contributed by atoms with van der Waals surface area (Å²) < 4.78 is 15.5. The molecule has 0 amide bonds. The first-order valence-electron chi connectivity index (χ1n) is 9.64. The van der Waals surface area contributed by atoms with Gasteiger partial charge in [-0.2, -0.15) is 0 Å². The molecule has 160 valence electrons. The topological polar surface area (TPSA) is 80.8 Å². The van der Waals surface area contributed by atoms with Crippen molar-refractivity contribution in [3.8, 4) is 11.8 Å². The van der Waals surface area contributed by atoms with Gasteiger partial charge in [0.25, 0.3) is 5.56 Å². The lowest BCUT2D eigenvalue weighted by atomic mass is 10.1. The van der Waals surface area contributed by atoms with Gasteiger partial charge in [-0.25, -0.2) is 14.0 Å². The molecule has 4 aromatic rings. The summed E-state index contributed by atoms with van der Waals surface area (Å²) >= 11 is 1.26. The highest BCUT2D eigenvalue weighted by molar-refractivity contribution is 7.18. The fraction of sp³-hybridized carbons (Fsp3) is 0.125. The molecule has 2 heterocycles. The van der Waals surface area contributed by atoms with Crippen LogP contribution in [0.25, 0.3) is 4.83 Å². The zero-order valence-electron chi connectivity index (χ0n) is 17.0. The van der Waals surface area contributed by atoms with Crippen molar-refractivity contribution in [3.05, 3.63) is 109 Å². The van der Waals surface area contributed by atoms with Crippen LogP contribution in [0.4, 0.5) is 4.39 Å². The van der Waals surface area contributed by atoms with Crippen molar-refractivity contribution in [2.45, 2.75) is 19.9 Å². The molecule has 0 unspecified atom stereocenters. The van der Waals surface area contributed by atoms with E-state index in [1.54, 1.807) is 37.4 Å². The Bertz CT molecular complexity index is 1500. The van der Waals surface area contributed by atoms with Crippen LogP contribution >= 0.6 is 11.3 Å². The van der Waals surface area contributed by atoms with Crippen molar-refractivity contribution >= 4 is 22.1 Å². The minimum absolute atomic E-state index is 0.0305. The second kappa shape index (κ2) is 8.65. The number of halogens is 1. The summed E-state index contributed by atoms with van der Waals surface area (Å²) in [4.78, 5) is 38.0. The third kappa shape index (κ3) is 4.24. The lowest BCUT2D eigenvalue weighted by molar-refractivity contribution is 0.0697. The van der Waals surface area contributed by atoms with Crippen LogP contribution in [-0.2, 0) is 13.0 Å². The highest BCUT2D eigenvalue weighted by Gasteiger charge is 2.14. The molecule has 0 saturated heterocycles. The molecule has 6 nitrogen and oxygen atoms in total. The van der Waals surface area contributed by atoms with Crippen molar-refractivity contribution in [2.24, 2.45) is 0 Å². The zero-order valence-corrected chi connectivity index (χ0v) is 17.8. The van der Waals surface area contributed by atoms with Crippen molar-refractivity contribution in [1.29, 1.82) is 0 Å². The highest BCUT2D eigenvalue weighted by Crippen LogP contribution is 2.17. The second-order valence-corrected chi connectivity index (χ2v) is 8.21. The average molecular weight is 448 g/mol. The number of nitrogens with zero attached hydrogens (tertiary/aromatic N) is 2. The van der Waals surface area contributed by atoms with Crippen LogP contribution < -0.4 is 11.2 Å². The number of aryl methyl sites for hydroxylation is 1. The summed E-state index contributed by atoms with van der Waals surface area (Å²) in [7, 11) is 0. The Morgan fingerprint density at radius 2 is 1.72 bits per heavy atom. The van der Waals surface area contributed by atoms with Gasteiger partial charge in [0.15, 0.2) is 0 Å². The Balaban J connectivity index is 1.66. The lowest BCUT2D eigenvalue weighted by Gasteiger charge is -2.08. The molecule has 0 saturated carbocycles. The smallest absolute Gasteiger partial charge is 0.336 e. The molecule has 0 aliphatic rings. The Morgan fingerprint density at radius 1 is 1.06 bits per heavy atom. The first-order valence-corrected chi connectivity index (χ1v) is 10.5. The number of hydrogen-bond acceptors (Lipinski definition) is 4. The number of carboxylic acid groups (broad SMARTS) is 1. The van der Waals surface area contributed by atoms with Crippen molar-refractivity contribution in [2.75, 3.05) is 0 Å². The summed E-state index contributed by atoms with van der Waals surface area (Å²) in [6, 6.07) is 12.1. The van der Waals surface area contributed by atoms with E-state index in [0.717, 1.165) is 10.1 Å². The quantitative estimate of drug-likeness (QED) is 0.486. The molecule has 0 aliphatic heterocycles. The Hall–Kier alpha value is -3.96. The fourth-order valence-corrected chi connectivity index (χ4v) is 4.19. The Morgan fingerprint density at radius 3 is 2.38 bits per heavy atom. The van der Waals surface area contributed by atoms with E-state index in [0.29, 0.717) is 27.3 Å². The molecule has 0 radical (unpaired) electrons. The second-order valence-electron chi connectivity index (χ2n) is 7.18. The van der Waals surface area contributed by atoms with Crippen LogP contribution in [0.3, 0.4) is 0 Å². The SMILES string of the molecule is Cc1c(=O)n(Cc2ccc(C(=O)O)cc2)c(=O)n2cc(C#CCc3ccc(F)cc3)sc12. The van der Waals surface area contributed by atoms with Gasteiger partial charge in [0.1, 0.15) is 10.6 Å². The van der Waals surface area contributed by atoms with Gasteiger partial charge < -0.3 is 5.11 Å². The molecule has 2 aromatic carbocycles. The van der Waals surface area contributed by atoms with Crippen LogP contribution in [0.2, 0.25) is 0 Å². The summed E-state index contributed by atoms with van der Waals surface area (Å²) in [5.41, 5.74) is 1.20. The van der Waals surface area contributed by atoms with Crippen molar-refractivity contribution < 1.29 is 14.3 Å². The molecule has 0 atom stereocenters. The molecule has 1 N–H and O–H groups in total. The number of aromatic nitrogens is 2. The predicted octanol–water partition coefficient (Wildman–Crippen LogP) is 3.31. The minimum Gasteiger partial charge on any atom is -0.478 e. The lowest BCUT2D eigenvalue weighted by Crippen LogP contribution is -2.38. The number of thiazole rings is 1. The number of carboxylic acids is 1. The molecule has 0 bridgehead atoms. The minimum atomic E-state index is -1.04. The number of fused-ring (bicyclic) bond motifs is 1. The molecule has 0 aliphatic carbocycles. The summed E-state index contributed by atoms with van der Waals surface area (Å²) in [5.74, 6) is 4.67. The molecule has 0 spiro atoms. The fourth-order valence-electron chi connectivity index (χ4n) is 3.23. The van der Waals surface area contributed by atoms with Gasteiger partial charge >= 0.3 is 11.7 Å². The van der Waals surface area contributed by atoms with E-state index < -0.39 is 17.2 Å². The van der Waals surface area contributed by atoms with Gasteiger partial charge in [0.05, 0.1) is 17.0 Å². The Kier molecular flexibility index (Phi) is 5.75. The number of benzene rings is 2. The van der Waals surface area contributed by atoms with Gasteiger partial charge in [-0.05, 0) is 42.3 Å². The molecule has 32 heavy (non-hydrogen) atoms. The summed E-state index contributed by atoms with van der Waals surface area (Å²) in [6.07, 6.45) is 2.04. The van der Waals surface area contributed by atoms with Crippen LogP contribution in [0.5, 0.6) is 0 Å². The molecular weight excluding hydrogens is 431 g/mol. The van der Waals surface area contributed by atoms with Gasteiger partial charge in [0.2, 0.25) is 0 Å². The van der Waals surface area contributed by atoms with Crippen LogP contribution in [0.1, 0.15) is 31.9 Å². The van der Waals surface area contributed by atoms with Crippen LogP contribution in [0.15, 0.2) is 64.3 Å². The van der Waals surface area contributed by atoms with E-state index in [2.05, 4.69) is 11.8 Å². The highest BCUT2D eigenvalue weighted by atomic mass is 32.1. The molecule has 0 fully saturated rings. The molecule has 4 rings (SSSR count). The van der Waals surface area contributed by atoms with Gasteiger partial charge in [-0.3, -0.25) is 13.8 Å². The largest absolute Gasteiger partial charge is 0.478 e. The van der Waals surface area contributed by atoms with Gasteiger partial charge in [-0.1, -0.05) is 36.1 Å². The summed E-state index contributed by atoms with van der Waals surface area (Å²) in [6.45, 7) is 1.69. The monoisotopic (exact) mass is 448 g/mol. The third-order valence-electron chi connectivity index (χ3n) is 4.95. The number of carbonyl (C=O) groups is 1. The van der Waals surface area contributed by atoms with E-state index in [-0.39, 0.29) is 17.9 Å². The standard InChI is InChI=1S/C24H17FN2O4S/c1-15-21(28)26(13-17-5-9-18(10-6-17)23(29)30)24(31)27-14-20(32-22(15)27)4-2-3-16-7-11-19(25)12-8-16/h5-12,14H,3,13H2,1H3,(H,29,30). The van der Waals surface area contributed by atoms with Crippen LogP contribution in [0, 0.1) is 24.6 Å². The maximum absolute atomic E-state index is 13.0. The Labute approximate surface area is 185 Å². The van der Waals surface area contributed by atoms with Crippen molar-refractivity contribution in [1.82, 2.24) is 8.97 Å². The number of rotatable bonds is 4. The molecular formula is C24H17FN2O4S. The molecule has 8 heteroatoms. The van der Waals surface area contributed by atoms with E-state index in [1.165, 1.54) is 40.0 Å². The van der Waals surface area contributed by atoms with E-state index in [1.807, 2.05) is 0 Å². The molecule has 2 aromatic heterocycles. The normalized spacial score (nSPS) is 10.7. The van der Waals surface area contributed by atoms with E-state index >= 15 is 0 Å². The van der Waals surface area contributed by atoms with E-state index in [4.69, 9.17) is 5.11 Å². The maximum Gasteiger partial charge on any atom is 0.336 e. The zero-order chi connectivity index (χ0) is 22.8. The number of hydrogen-bond donors (Lipinski definition) is 1. The van der Waals surface area contributed by atoms with E-state index in [9.17, 15) is 18.8 Å². The van der Waals surface area contributed by atoms with Gasteiger partial charge in [-0.15, -0.1) is 11.3 Å². The van der Waals surface area contributed by atoms with Crippen molar-refractivity contribution in [3.63, 3.8) is 0 Å². The first-order chi connectivity index (χ1) is 15.3. The number of aromatic carboxylic acids is 1. The first kappa shape index (κ1) is 21.3. The predicted molar refractivity (Wildman–Crippen MR) is 120 cm³/mol.